The standard InChI is InChI=1S/C17H14N2O3S.C16H12N2O4S.ClH/c1-12(20)13-7-9-15(10-8-13)19-23(21,22)16-6-2-4-14-5-3-11-18-17(14)16;19-16(20)12-6-8-13(9-7-12)18-23(21,22)14-5-1-3-11-4-2-10-17-15(11)14;/h2-11,19H,1H3;1-10,18H,(H,19,20);1H. The van der Waals surface area contributed by atoms with Crippen LogP contribution in [-0.4, -0.2) is 43.7 Å². The van der Waals surface area contributed by atoms with E-state index in [4.69, 9.17) is 5.11 Å². The molecule has 6 aromatic rings. The summed E-state index contributed by atoms with van der Waals surface area (Å²) in [6, 6.07) is 28.8. The molecule has 0 bridgehead atoms. The third-order valence-electron chi connectivity index (χ3n) is 6.70. The van der Waals surface area contributed by atoms with Crippen LogP contribution < -0.4 is 9.44 Å². The number of ketones is 1. The molecule has 3 N–H and O–H groups in total. The van der Waals surface area contributed by atoms with E-state index in [1.165, 1.54) is 49.5 Å². The normalized spacial score (nSPS) is 11.1. The highest BCUT2D eigenvalue weighted by Crippen LogP contribution is 2.25. The molecule has 0 saturated carbocycles. The Balaban J connectivity index is 0.000000208. The van der Waals surface area contributed by atoms with Gasteiger partial charge in [-0.2, -0.15) is 0 Å². The van der Waals surface area contributed by atoms with Crippen LogP contribution in [0, 0.1) is 0 Å². The molecule has 11 nitrogen and oxygen atoms in total. The van der Waals surface area contributed by atoms with Gasteiger partial charge in [0.2, 0.25) is 0 Å². The van der Waals surface area contributed by atoms with Gasteiger partial charge in [-0.1, -0.05) is 36.4 Å². The van der Waals surface area contributed by atoms with Crippen molar-refractivity contribution < 1.29 is 31.5 Å². The van der Waals surface area contributed by atoms with Gasteiger partial charge in [-0.05, 0) is 79.7 Å². The fraction of sp³-hybridized carbons (Fsp3) is 0.0303. The first kappa shape index (κ1) is 34.5. The largest absolute Gasteiger partial charge is 0.478 e. The van der Waals surface area contributed by atoms with E-state index in [0.717, 1.165) is 10.8 Å². The number of anilines is 2. The number of hydrogen-bond donors (Lipinski definition) is 3. The zero-order valence-corrected chi connectivity index (χ0v) is 27.0. The van der Waals surface area contributed by atoms with Gasteiger partial charge in [0.25, 0.3) is 20.0 Å². The average Bonchev–Trinajstić information content (AvgIpc) is 3.04. The fourth-order valence-electron chi connectivity index (χ4n) is 4.46. The summed E-state index contributed by atoms with van der Waals surface area (Å²) in [5.41, 5.74) is 2.08. The van der Waals surface area contributed by atoms with Crippen LogP contribution in [0.4, 0.5) is 11.4 Å². The van der Waals surface area contributed by atoms with Gasteiger partial charge < -0.3 is 5.11 Å². The van der Waals surface area contributed by atoms with Crippen molar-refractivity contribution in [3.8, 4) is 0 Å². The highest BCUT2D eigenvalue weighted by Gasteiger charge is 2.19. The number of nitrogens with zero attached hydrogens (tertiary/aromatic N) is 2. The summed E-state index contributed by atoms with van der Waals surface area (Å²) in [4.78, 5) is 30.6. The van der Waals surface area contributed by atoms with Gasteiger partial charge in [0.1, 0.15) is 9.79 Å². The number of pyridine rings is 2. The van der Waals surface area contributed by atoms with Gasteiger partial charge in [-0.3, -0.25) is 24.2 Å². The maximum absolute atomic E-state index is 12.6. The number of aromatic nitrogens is 2. The number of carbonyl (C=O) groups is 2. The molecular formula is C33H27ClN4O7S2. The summed E-state index contributed by atoms with van der Waals surface area (Å²) in [7, 11) is -7.60. The zero-order chi connectivity index (χ0) is 32.9. The van der Waals surface area contributed by atoms with E-state index in [2.05, 4.69) is 19.4 Å². The van der Waals surface area contributed by atoms with Crippen LogP contribution in [0.5, 0.6) is 0 Å². The predicted octanol–water partition coefficient (Wildman–Crippen LogP) is 6.39. The Morgan fingerprint density at radius 3 is 1.34 bits per heavy atom. The molecule has 6 rings (SSSR count). The Morgan fingerprint density at radius 2 is 0.957 bits per heavy atom. The Labute approximate surface area is 276 Å². The maximum Gasteiger partial charge on any atom is 0.335 e. The first-order valence-electron chi connectivity index (χ1n) is 13.6. The lowest BCUT2D eigenvalue weighted by Crippen LogP contribution is -2.13. The van der Waals surface area contributed by atoms with E-state index in [0.29, 0.717) is 22.3 Å². The number of sulfonamides is 2. The summed E-state index contributed by atoms with van der Waals surface area (Å²) in [6.45, 7) is 1.46. The van der Waals surface area contributed by atoms with Crippen LogP contribution in [0.15, 0.2) is 131 Å². The fourth-order valence-corrected chi connectivity index (χ4v) is 6.94. The van der Waals surface area contributed by atoms with Crippen molar-refractivity contribution in [3.63, 3.8) is 0 Å². The minimum absolute atomic E-state index is 0. The molecule has 2 aromatic heterocycles. The SMILES string of the molecule is CC(=O)c1ccc(NS(=O)(=O)c2cccc3cccnc23)cc1.Cl.O=C(O)c1ccc(NS(=O)(=O)c2cccc3cccnc23)cc1. The molecule has 0 amide bonds. The monoisotopic (exact) mass is 690 g/mol. The van der Waals surface area contributed by atoms with Crippen LogP contribution in [0.25, 0.3) is 21.8 Å². The van der Waals surface area contributed by atoms with Crippen molar-refractivity contribution in [3.05, 3.63) is 133 Å². The average molecular weight is 691 g/mol. The van der Waals surface area contributed by atoms with E-state index >= 15 is 0 Å². The molecule has 240 valence electrons. The van der Waals surface area contributed by atoms with Crippen molar-refractivity contribution in [1.82, 2.24) is 9.97 Å². The Hall–Kier alpha value is -5.37. The number of rotatable bonds is 8. The molecule has 0 saturated heterocycles. The van der Waals surface area contributed by atoms with Crippen molar-refractivity contribution >= 4 is 77.4 Å². The van der Waals surface area contributed by atoms with Gasteiger partial charge in [0, 0.05) is 40.1 Å². The van der Waals surface area contributed by atoms with E-state index in [1.807, 2.05) is 12.1 Å². The third kappa shape index (κ3) is 8.08. The first-order valence-corrected chi connectivity index (χ1v) is 16.6. The van der Waals surface area contributed by atoms with Gasteiger partial charge in [0.05, 0.1) is 16.6 Å². The number of nitrogens with one attached hydrogen (secondary N) is 2. The number of aromatic carboxylic acids is 1. The van der Waals surface area contributed by atoms with E-state index in [-0.39, 0.29) is 39.2 Å². The quantitative estimate of drug-likeness (QED) is 0.153. The zero-order valence-electron chi connectivity index (χ0n) is 24.6. The first-order chi connectivity index (χ1) is 21.9. The predicted molar refractivity (Wildman–Crippen MR) is 182 cm³/mol. The molecule has 0 fully saturated rings. The number of benzene rings is 4. The Kier molecular flexibility index (Phi) is 10.6. The number of fused-ring (bicyclic) bond motifs is 2. The lowest BCUT2D eigenvalue weighted by Gasteiger charge is -2.10. The second-order valence-corrected chi connectivity index (χ2v) is 13.2. The van der Waals surface area contributed by atoms with E-state index < -0.39 is 26.0 Å². The molecule has 0 unspecified atom stereocenters. The summed E-state index contributed by atoms with van der Waals surface area (Å²) in [6.07, 6.45) is 3.09. The summed E-state index contributed by atoms with van der Waals surface area (Å²) in [5.74, 6) is -1.14. The summed E-state index contributed by atoms with van der Waals surface area (Å²) >= 11 is 0. The topological polar surface area (TPSA) is 172 Å². The molecule has 2 heterocycles. The molecule has 0 aliphatic rings. The van der Waals surface area contributed by atoms with Gasteiger partial charge >= 0.3 is 5.97 Å². The van der Waals surface area contributed by atoms with Gasteiger partial charge in [-0.25, -0.2) is 21.6 Å². The minimum Gasteiger partial charge on any atom is -0.478 e. The molecule has 0 radical (unpaired) electrons. The number of carboxylic acid groups (broad SMARTS) is 1. The van der Waals surface area contributed by atoms with Crippen molar-refractivity contribution in [2.45, 2.75) is 16.7 Å². The van der Waals surface area contributed by atoms with Crippen LogP contribution in [-0.2, 0) is 20.0 Å². The highest BCUT2D eigenvalue weighted by molar-refractivity contribution is 7.93. The summed E-state index contributed by atoms with van der Waals surface area (Å²) in [5, 5.41) is 10.3. The van der Waals surface area contributed by atoms with Crippen molar-refractivity contribution in [2.24, 2.45) is 0 Å². The summed E-state index contributed by atoms with van der Waals surface area (Å²) < 4.78 is 55.3. The van der Waals surface area contributed by atoms with Crippen LogP contribution in [0.1, 0.15) is 27.6 Å². The molecule has 0 aliphatic heterocycles. The lowest BCUT2D eigenvalue weighted by molar-refractivity contribution is 0.0696. The van der Waals surface area contributed by atoms with Gasteiger partial charge in [0.15, 0.2) is 5.78 Å². The second kappa shape index (κ2) is 14.4. The van der Waals surface area contributed by atoms with E-state index in [1.54, 1.807) is 66.9 Å². The molecular weight excluding hydrogens is 664 g/mol. The maximum atomic E-state index is 12.6. The molecule has 0 spiro atoms. The number of halogens is 1. The number of Topliss-reactive ketones (excluding diaryl/α,β-unsaturated/α-hetero) is 1. The van der Waals surface area contributed by atoms with Gasteiger partial charge in [-0.15, -0.1) is 12.4 Å². The second-order valence-electron chi connectivity index (χ2n) is 9.89. The molecule has 0 aliphatic carbocycles. The Morgan fingerprint density at radius 1 is 0.574 bits per heavy atom. The van der Waals surface area contributed by atoms with Crippen LogP contribution in [0.3, 0.4) is 0 Å². The number of carbonyl (C=O) groups excluding carboxylic acids is 1. The smallest absolute Gasteiger partial charge is 0.335 e. The number of carboxylic acids is 1. The highest BCUT2D eigenvalue weighted by atomic mass is 35.5. The third-order valence-corrected chi connectivity index (χ3v) is 9.52. The molecule has 0 atom stereocenters. The molecule has 47 heavy (non-hydrogen) atoms. The van der Waals surface area contributed by atoms with Crippen molar-refractivity contribution in [2.75, 3.05) is 9.44 Å². The minimum atomic E-state index is -3.83. The molecule has 4 aromatic carbocycles. The Bertz CT molecular complexity index is 2120. The molecule has 14 heteroatoms. The van der Waals surface area contributed by atoms with Crippen LogP contribution >= 0.6 is 12.4 Å². The van der Waals surface area contributed by atoms with Crippen molar-refractivity contribution in [1.29, 1.82) is 0 Å². The lowest BCUT2D eigenvalue weighted by atomic mass is 10.1. The number of hydrogen-bond acceptors (Lipinski definition) is 8. The van der Waals surface area contributed by atoms with Crippen LogP contribution in [0.2, 0.25) is 0 Å². The number of para-hydroxylation sites is 2. The van der Waals surface area contributed by atoms with E-state index in [9.17, 15) is 26.4 Å².